The van der Waals surface area contributed by atoms with E-state index in [0.717, 1.165) is 11.3 Å². The summed E-state index contributed by atoms with van der Waals surface area (Å²) in [7, 11) is -3.83. The van der Waals surface area contributed by atoms with E-state index < -0.39 is 15.8 Å². The molecule has 0 bridgehead atoms. The van der Waals surface area contributed by atoms with E-state index in [2.05, 4.69) is 14.7 Å². The van der Waals surface area contributed by atoms with E-state index in [1.54, 1.807) is 23.1 Å². The number of rotatable bonds is 5. The van der Waals surface area contributed by atoms with Crippen LogP contribution in [0.5, 0.6) is 0 Å². The van der Waals surface area contributed by atoms with Crippen LogP contribution < -0.4 is 14.5 Å². The van der Waals surface area contributed by atoms with Crippen LogP contribution in [0.3, 0.4) is 0 Å². The van der Waals surface area contributed by atoms with Gasteiger partial charge in [-0.1, -0.05) is 11.6 Å². The maximum Gasteiger partial charge on any atom is 0.263 e. The van der Waals surface area contributed by atoms with E-state index >= 15 is 0 Å². The zero-order valence-electron chi connectivity index (χ0n) is 17.3. The smallest absolute Gasteiger partial charge is 0.263 e. The van der Waals surface area contributed by atoms with Gasteiger partial charge < -0.3 is 9.80 Å². The van der Waals surface area contributed by atoms with Crippen molar-refractivity contribution in [2.24, 2.45) is 0 Å². The number of carbonyl (C=O) groups is 1. The summed E-state index contributed by atoms with van der Waals surface area (Å²) in [5.41, 5.74) is 2.13. The van der Waals surface area contributed by atoms with Gasteiger partial charge in [0, 0.05) is 32.1 Å². The molecule has 1 amide bonds. The van der Waals surface area contributed by atoms with Crippen molar-refractivity contribution >= 4 is 44.7 Å². The monoisotopic (exact) mass is 489 g/mol. The van der Waals surface area contributed by atoms with Crippen LogP contribution >= 0.6 is 11.6 Å². The topological polar surface area (TPSA) is 95.5 Å². The van der Waals surface area contributed by atoms with Gasteiger partial charge in [-0.15, -0.1) is 0 Å². The number of carbonyl (C=O) groups excluding carboxylic acids is 1. The van der Waals surface area contributed by atoms with Crippen LogP contribution in [-0.4, -0.2) is 43.4 Å². The zero-order valence-corrected chi connectivity index (χ0v) is 18.9. The number of amides is 1. The van der Waals surface area contributed by atoms with E-state index in [4.69, 9.17) is 11.6 Å². The lowest BCUT2D eigenvalue weighted by Gasteiger charge is -2.26. The number of hydrogen-bond donors (Lipinski definition) is 1. The number of sulfonamides is 1. The first-order valence-electron chi connectivity index (χ1n) is 10.3. The molecular formula is C22H21ClFN5O3S. The molecule has 0 spiro atoms. The minimum atomic E-state index is -3.83. The second-order valence-electron chi connectivity index (χ2n) is 7.79. The van der Waals surface area contributed by atoms with Crippen molar-refractivity contribution in [2.45, 2.75) is 23.8 Å². The molecule has 0 unspecified atom stereocenters. The van der Waals surface area contributed by atoms with E-state index in [9.17, 15) is 17.6 Å². The van der Waals surface area contributed by atoms with Crippen LogP contribution in [0.1, 0.15) is 13.4 Å². The van der Waals surface area contributed by atoms with Crippen LogP contribution in [-0.2, 0) is 21.2 Å². The van der Waals surface area contributed by atoms with Gasteiger partial charge in [0.1, 0.15) is 24.0 Å². The quantitative estimate of drug-likeness (QED) is 0.589. The Morgan fingerprint density at radius 2 is 1.91 bits per heavy atom. The molecule has 33 heavy (non-hydrogen) atoms. The molecule has 0 saturated carbocycles. The fourth-order valence-corrected chi connectivity index (χ4v) is 5.59. The number of benzene rings is 2. The van der Waals surface area contributed by atoms with Gasteiger partial charge in [0.25, 0.3) is 10.0 Å². The predicted molar refractivity (Wildman–Crippen MR) is 125 cm³/mol. The Balaban J connectivity index is 0.00000274. The molecule has 3 aromatic rings. The molecule has 172 valence electrons. The van der Waals surface area contributed by atoms with Crippen molar-refractivity contribution in [3.63, 3.8) is 0 Å². The van der Waals surface area contributed by atoms with Gasteiger partial charge in [0.15, 0.2) is 0 Å². The van der Waals surface area contributed by atoms with E-state index in [1.165, 1.54) is 36.8 Å². The van der Waals surface area contributed by atoms with Crippen LogP contribution in [0.4, 0.5) is 21.6 Å². The highest BCUT2D eigenvalue weighted by atomic mass is 35.5. The zero-order chi connectivity index (χ0) is 23.2. The molecule has 1 N–H and O–H groups in total. The van der Waals surface area contributed by atoms with Crippen molar-refractivity contribution in [1.29, 1.82) is 0 Å². The summed E-state index contributed by atoms with van der Waals surface area (Å²) < 4.78 is 41.4. The number of nitrogens with one attached hydrogen (secondary N) is 1. The van der Waals surface area contributed by atoms with Gasteiger partial charge in [0.2, 0.25) is 5.91 Å². The van der Waals surface area contributed by atoms with Gasteiger partial charge in [-0.3, -0.25) is 9.52 Å². The molecule has 1 fully saturated rings. The first-order valence-corrected chi connectivity index (χ1v) is 12.1. The molecule has 2 aliphatic heterocycles. The van der Waals surface area contributed by atoms with Crippen LogP contribution in [0, 0.1) is 5.82 Å². The number of fused-ring (bicyclic) bond motifs is 1. The lowest BCUT2D eigenvalue weighted by Crippen LogP contribution is -2.41. The van der Waals surface area contributed by atoms with E-state index in [0.29, 0.717) is 31.6 Å². The molecular weight excluding hydrogens is 469 g/mol. The molecule has 1 saturated heterocycles. The molecule has 11 heteroatoms. The summed E-state index contributed by atoms with van der Waals surface area (Å²) in [6.45, 7) is 1.09. The number of nitrogens with zero attached hydrogens (tertiary/aromatic N) is 4. The number of hydrogen-bond acceptors (Lipinski definition) is 6. The average molecular weight is 490 g/mol. The molecule has 0 aliphatic carbocycles. The van der Waals surface area contributed by atoms with Crippen molar-refractivity contribution in [1.82, 2.24) is 9.97 Å². The van der Waals surface area contributed by atoms with Crippen molar-refractivity contribution < 1.29 is 19.0 Å². The summed E-state index contributed by atoms with van der Waals surface area (Å²) in [6.07, 6.45) is 3.87. The summed E-state index contributed by atoms with van der Waals surface area (Å²) in [5, 5.41) is 0.115. The first kappa shape index (κ1) is 21.6. The summed E-state index contributed by atoms with van der Waals surface area (Å²) in [6, 6.07) is 10.2. The van der Waals surface area contributed by atoms with E-state index in [1.807, 2.05) is 4.90 Å². The molecule has 5 rings (SSSR count). The number of anilines is 3. The fraction of sp³-hybridized carbons (Fsp3) is 0.227. The minimum Gasteiger partial charge on any atom is -0.359 e. The highest BCUT2D eigenvalue weighted by Crippen LogP contribution is 2.38. The number of aromatic nitrogens is 2. The predicted octanol–water partition coefficient (Wildman–Crippen LogP) is 3.48. The maximum atomic E-state index is 13.8. The number of halogens is 2. The van der Waals surface area contributed by atoms with E-state index in [-0.39, 0.29) is 29.1 Å². The summed E-state index contributed by atoms with van der Waals surface area (Å²) >= 11 is 6.12. The first-order chi connectivity index (χ1) is 15.8. The van der Waals surface area contributed by atoms with Crippen LogP contribution in [0.2, 0.25) is 5.02 Å². The fourth-order valence-electron chi connectivity index (χ4n) is 4.33. The van der Waals surface area contributed by atoms with Crippen molar-refractivity contribution in [3.8, 4) is 0 Å². The SMILES string of the molecule is O=C1[C@@H](N2CCc3c2ccc(F)c3Cl)CCN1c1ccc(S(=O)(=O)Nc2ccncn2)cc1.[HH]. The highest BCUT2D eigenvalue weighted by molar-refractivity contribution is 7.92. The lowest BCUT2D eigenvalue weighted by atomic mass is 10.1. The van der Waals surface area contributed by atoms with Gasteiger partial charge in [-0.05, 0) is 60.9 Å². The third-order valence-electron chi connectivity index (χ3n) is 5.92. The third kappa shape index (κ3) is 3.89. The van der Waals surface area contributed by atoms with Crippen LogP contribution in [0.25, 0.3) is 0 Å². The average Bonchev–Trinajstić information content (AvgIpc) is 3.40. The Labute approximate surface area is 196 Å². The third-order valence-corrected chi connectivity index (χ3v) is 7.70. The molecule has 0 radical (unpaired) electrons. The van der Waals surface area contributed by atoms with Crippen LogP contribution in [0.15, 0.2) is 59.9 Å². The minimum absolute atomic E-state index is 0. The van der Waals surface area contributed by atoms with Gasteiger partial charge in [-0.2, -0.15) is 0 Å². The second kappa shape index (κ2) is 8.27. The Bertz CT molecular complexity index is 1330. The Hall–Kier alpha value is -3.24. The molecule has 2 aliphatic rings. The molecule has 1 atom stereocenters. The highest BCUT2D eigenvalue weighted by Gasteiger charge is 2.39. The summed E-state index contributed by atoms with van der Waals surface area (Å²) in [4.78, 5) is 24.5. The van der Waals surface area contributed by atoms with Gasteiger partial charge in [0.05, 0.1) is 9.92 Å². The normalized spacial score (nSPS) is 18.0. The summed E-state index contributed by atoms with van der Waals surface area (Å²) in [5.74, 6) is -0.378. The van der Waals surface area contributed by atoms with Crippen molar-refractivity contribution in [2.75, 3.05) is 27.6 Å². The molecule has 1 aromatic heterocycles. The molecule has 2 aromatic carbocycles. The van der Waals surface area contributed by atoms with Gasteiger partial charge in [-0.25, -0.2) is 22.8 Å². The largest absolute Gasteiger partial charge is 0.359 e. The Kier molecular flexibility index (Phi) is 5.41. The molecule has 8 nitrogen and oxygen atoms in total. The van der Waals surface area contributed by atoms with Crippen molar-refractivity contribution in [3.05, 3.63) is 71.4 Å². The lowest BCUT2D eigenvalue weighted by molar-refractivity contribution is -0.118. The second-order valence-corrected chi connectivity index (χ2v) is 9.85. The Morgan fingerprint density at radius 3 is 2.64 bits per heavy atom. The van der Waals surface area contributed by atoms with Gasteiger partial charge >= 0.3 is 0 Å². The molecule has 3 heterocycles. The Morgan fingerprint density at radius 1 is 1.12 bits per heavy atom. The standard InChI is InChI=1S/C22H19ClFN5O3S.H2/c23-21-16-8-11-29(18(16)6-5-17(21)24)19-9-12-28(22(19)30)14-1-3-15(4-2-14)33(31,32)27-20-7-10-25-13-26-20;/h1-7,10,13,19H,8-9,11-12H2,(H,25,26,27);1H/t19-;/m0./s1. The maximum absolute atomic E-state index is 13.8.